The highest BCUT2D eigenvalue weighted by atomic mass is 16.3. The van der Waals surface area contributed by atoms with Crippen LogP contribution >= 0.6 is 0 Å². The number of aliphatic hydroxyl groups is 1. The van der Waals surface area contributed by atoms with Gasteiger partial charge in [0.1, 0.15) is 0 Å². The van der Waals surface area contributed by atoms with Crippen LogP contribution in [0.25, 0.3) is 22.4 Å². The molecule has 5 nitrogen and oxygen atoms in total. The molecule has 5 heteroatoms. The number of rotatable bonds is 5. The SMILES string of the molecule is Cc1ccc(-c2nc(N3CCN(CCO)CC3)ncc2-c2ccccc2C)cc1. The molecule has 0 radical (unpaired) electrons. The maximum atomic E-state index is 9.16. The van der Waals surface area contributed by atoms with E-state index in [-0.39, 0.29) is 6.61 Å². The van der Waals surface area contributed by atoms with Crippen LogP contribution in [0.15, 0.2) is 54.7 Å². The first-order valence-electron chi connectivity index (χ1n) is 10.2. The number of β-amino-alcohol motifs (C(OH)–C–C–N with tert-alkyl or cyclic N) is 1. The van der Waals surface area contributed by atoms with Crippen molar-refractivity contribution in [3.05, 3.63) is 65.9 Å². The Morgan fingerprint density at radius 2 is 1.62 bits per heavy atom. The zero-order valence-electron chi connectivity index (χ0n) is 17.2. The third kappa shape index (κ3) is 4.31. The van der Waals surface area contributed by atoms with Crippen LogP contribution in [0.3, 0.4) is 0 Å². The fraction of sp³-hybridized carbons (Fsp3) is 0.333. The third-order valence-corrected chi connectivity index (χ3v) is 5.61. The van der Waals surface area contributed by atoms with E-state index in [1.807, 2.05) is 6.20 Å². The molecular formula is C24H28N4O. The van der Waals surface area contributed by atoms with Gasteiger partial charge in [-0.2, -0.15) is 0 Å². The fourth-order valence-electron chi connectivity index (χ4n) is 3.84. The number of benzene rings is 2. The zero-order valence-corrected chi connectivity index (χ0v) is 17.2. The molecule has 1 aliphatic heterocycles. The molecule has 0 aliphatic carbocycles. The van der Waals surface area contributed by atoms with Crippen molar-refractivity contribution in [2.24, 2.45) is 0 Å². The molecule has 0 spiro atoms. The van der Waals surface area contributed by atoms with Gasteiger partial charge in [0, 0.05) is 50.0 Å². The van der Waals surface area contributed by atoms with Gasteiger partial charge in [0.15, 0.2) is 0 Å². The predicted octanol–water partition coefficient (Wildman–Crippen LogP) is 3.54. The number of hydrogen-bond acceptors (Lipinski definition) is 5. The molecule has 0 atom stereocenters. The van der Waals surface area contributed by atoms with E-state index >= 15 is 0 Å². The summed E-state index contributed by atoms with van der Waals surface area (Å²) >= 11 is 0. The highest BCUT2D eigenvalue weighted by molar-refractivity contribution is 5.82. The third-order valence-electron chi connectivity index (χ3n) is 5.61. The second-order valence-corrected chi connectivity index (χ2v) is 7.67. The molecular weight excluding hydrogens is 360 g/mol. The fourth-order valence-corrected chi connectivity index (χ4v) is 3.84. The molecule has 1 aliphatic rings. The van der Waals surface area contributed by atoms with Crippen LogP contribution < -0.4 is 4.90 Å². The monoisotopic (exact) mass is 388 g/mol. The molecule has 3 aromatic rings. The van der Waals surface area contributed by atoms with E-state index in [2.05, 4.69) is 72.2 Å². The van der Waals surface area contributed by atoms with Crippen LogP contribution in [0, 0.1) is 13.8 Å². The molecule has 0 amide bonds. The largest absolute Gasteiger partial charge is 0.395 e. The second kappa shape index (κ2) is 8.72. The molecule has 1 fully saturated rings. The number of aliphatic hydroxyl groups excluding tert-OH is 1. The van der Waals surface area contributed by atoms with Gasteiger partial charge in [-0.05, 0) is 25.0 Å². The lowest BCUT2D eigenvalue weighted by atomic mass is 9.97. The van der Waals surface area contributed by atoms with Crippen LogP contribution in [0.1, 0.15) is 11.1 Å². The highest BCUT2D eigenvalue weighted by Gasteiger charge is 2.21. The average Bonchev–Trinajstić information content (AvgIpc) is 2.75. The van der Waals surface area contributed by atoms with E-state index < -0.39 is 0 Å². The Morgan fingerprint density at radius 3 is 2.31 bits per heavy atom. The molecule has 2 aromatic carbocycles. The van der Waals surface area contributed by atoms with Gasteiger partial charge in [-0.3, -0.25) is 4.90 Å². The zero-order chi connectivity index (χ0) is 20.2. The summed E-state index contributed by atoms with van der Waals surface area (Å²) in [7, 11) is 0. The number of aromatic nitrogens is 2. The molecule has 1 aromatic heterocycles. The minimum Gasteiger partial charge on any atom is -0.395 e. The van der Waals surface area contributed by atoms with E-state index in [0.717, 1.165) is 55.5 Å². The first-order chi connectivity index (χ1) is 14.2. The van der Waals surface area contributed by atoms with Gasteiger partial charge in [-0.1, -0.05) is 54.1 Å². The van der Waals surface area contributed by atoms with Crippen LogP contribution in [0.4, 0.5) is 5.95 Å². The molecule has 1 N–H and O–H groups in total. The summed E-state index contributed by atoms with van der Waals surface area (Å²) < 4.78 is 0. The summed E-state index contributed by atoms with van der Waals surface area (Å²) in [5, 5.41) is 9.16. The van der Waals surface area contributed by atoms with Gasteiger partial charge in [-0.15, -0.1) is 0 Å². The summed E-state index contributed by atoms with van der Waals surface area (Å²) in [4.78, 5) is 14.3. The van der Waals surface area contributed by atoms with Crippen LogP contribution in [-0.2, 0) is 0 Å². The number of aryl methyl sites for hydroxylation is 2. The lowest BCUT2D eigenvalue weighted by Gasteiger charge is -2.34. The first-order valence-corrected chi connectivity index (χ1v) is 10.2. The summed E-state index contributed by atoms with van der Waals surface area (Å²) in [5.74, 6) is 0.779. The normalized spacial score (nSPS) is 14.9. The number of nitrogens with zero attached hydrogens (tertiary/aromatic N) is 4. The molecule has 0 unspecified atom stereocenters. The Kier molecular flexibility index (Phi) is 5.88. The van der Waals surface area contributed by atoms with Crippen LogP contribution in [0.2, 0.25) is 0 Å². The van der Waals surface area contributed by atoms with Crippen LogP contribution in [-0.4, -0.2) is 59.3 Å². The van der Waals surface area contributed by atoms with Gasteiger partial charge in [0.25, 0.3) is 0 Å². The van der Waals surface area contributed by atoms with E-state index in [0.29, 0.717) is 0 Å². The molecule has 0 saturated carbocycles. The summed E-state index contributed by atoms with van der Waals surface area (Å²) in [6.07, 6.45) is 1.97. The Bertz CT molecular complexity index is 963. The average molecular weight is 389 g/mol. The van der Waals surface area contributed by atoms with Gasteiger partial charge < -0.3 is 10.0 Å². The maximum absolute atomic E-state index is 9.16. The Labute approximate surface area is 172 Å². The Hall–Kier alpha value is -2.76. The summed E-state index contributed by atoms with van der Waals surface area (Å²) in [6.45, 7) is 8.75. The van der Waals surface area contributed by atoms with Gasteiger partial charge >= 0.3 is 0 Å². The van der Waals surface area contributed by atoms with E-state index in [1.54, 1.807) is 0 Å². The standard InChI is InChI=1S/C24H28N4O/c1-18-7-9-20(10-8-18)23-22(21-6-4-3-5-19(21)2)17-25-24(26-23)28-13-11-27(12-14-28)15-16-29/h3-10,17,29H,11-16H2,1-2H3. The molecule has 150 valence electrons. The molecule has 2 heterocycles. The Balaban J connectivity index is 1.72. The number of anilines is 1. The lowest BCUT2D eigenvalue weighted by Crippen LogP contribution is -2.47. The first kappa shape index (κ1) is 19.6. The van der Waals surface area contributed by atoms with Gasteiger partial charge in [-0.25, -0.2) is 9.97 Å². The minimum absolute atomic E-state index is 0.208. The van der Waals surface area contributed by atoms with Crippen molar-refractivity contribution in [2.75, 3.05) is 44.2 Å². The van der Waals surface area contributed by atoms with E-state index in [9.17, 15) is 0 Å². The van der Waals surface area contributed by atoms with Gasteiger partial charge in [0.2, 0.25) is 5.95 Å². The van der Waals surface area contributed by atoms with Crippen molar-refractivity contribution in [1.29, 1.82) is 0 Å². The molecule has 1 saturated heterocycles. The topological polar surface area (TPSA) is 52.5 Å². The van der Waals surface area contributed by atoms with Crippen LogP contribution in [0.5, 0.6) is 0 Å². The van der Waals surface area contributed by atoms with E-state index in [1.165, 1.54) is 16.7 Å². The van der Waals surface area contributed by atoms with Crippen molar-refractivity contribution in [3.63, 3.8) is 0 Å². The highest BCUT2D eigenvalue weighted by Crippen LogP contribution is 2.33. The quantitative estimate of drug-likeness (QED) is 0.725. The van der Waals surface area contributed by atoms with Crippen molar-refractivity contribution >= 4 is 5.95 Å². The van der Waals surface area contributed by atoms with Gasteiger partial charge in [0.05, 0.1) is 12.3 Å². The minimum atomic E-state index is 0.208. The molecule has 4 rings (SSSR count). The number of hydrogen-bond donors (Lipinski definition) is 1. The lowest BCUT2D eigenvalue weighted by molar-refractivity contribution is 0.188. The van der Waals surface area contributed by atoms with Crippen molar-refractivity contribution in [2.45, 2.75) is 13.8 Å². The summed E-state index contributed by atoms with van der Waals surface area (Å²) in [6, 6.07) is 16.9. The summed E-state index contributed by atoms with van der Waals surface area (Å²) in [5.41, 5.74) is 6.77. The molecule has 29 heavy (non-hydrogen) atoms. The second-order valence-electron chi connectivity index (χ2n) is 7.67. The smallest absolute Gasteiger partial charge is 0.225 e. The predicted molar refractivity (Wildman–Crippen MR) is 118 cm³/mol. The van der Waals surface area contributed by atoms with E-state index in [4.69, 9.17) is 15.1 Å². The van der Waals surface area contributed by atoms with Crippen molar-refractivity contribution < 1.29 is 5.11 Å². The number of piperazine rings is 1. The Morgan fingerprint density at radius 1 is 0.897 bits per heavy atom. The van der Waals surface area contributed by atoms with Crippen molar-refractivity contribution in [3.8, 4) is 22.4 Å². The molecule has 0 bridgehead atoms. The maximum Gasteiger partial charge on any atom is 0.225 e. The van der Waals surface area contributed by atoms with Crippen molar-refractivity contribution in [1.82, 2.24) is 14.9 Å².